The number of hydrogen-bond acceptors (Lipinski definition) is 3. The van der Waals surface area contributed by atoms with Gasteiger partial charge in [-0.2, -0.15) is 0 Å². The molecule has 0 saturated heterocycles. The largest absolute Gasteiger partial charge is 0.448 e. The SMILES string of the molecule is NCC1(c2cc3c(cc2Br)OC2(CCCC2)O3)CCCCC1. The van der Waals surface area contributed by atoms with Crippen molar-refractivity contribution in [2.24, 2.45) is 5.73 Å². The van der Waals surface area contributed by atoms with Gasteiger partial charge in [0.25, 0.3) is 5.79 Å². The Balaban J connectivity index is 1.71. The summed E-state index contributed by atoms with van der Waals surface area (Å²) < 4.78 is 13.5. The van der Waals surface area contributed by atoms with Gasteiger partial charge in [0.2, 0.25) is 0 Å². The summed E-state index contributed by atoms with van der Waals surface area (Å²) in [4.78, 5) is 0. The Kier molecular flexibility index (Phi) is 3.65. The second-order valence-electron chi connectivity index (χ2n) is 7.15. The lowest BCUT2D eigenvalue weighted by Crippen LogP contribution is -2.37. The van der Waals surface area contributed by atoms with Gasteiger partial charge in [0.15, 0.2) is 11.5 Å². The van der Waals surface area contributed by atoms with Crippen molar-refractivity contribution in [2.45, 2.75) is 69.0 Å². The highest BCUT2D eigenvalue weighted by molar-refractivity contribution is 9.10. The average molecular weight is 366 g/mol. The summed E-state index contributed by atoms with van der Waals surface area (Å²) in [6.07, 6.45) is 10.6. The Morgan fingerprint density at radius 2 is 1.50 bits per heavy atom. The molecule has 0 radical (unpaired) electrons. The first-order valence-corrected chi connectivity index (χ1v) is 9.38. The molecular formula is C18H24BrNO2. The summed E-state index contributed by atoms with van der Waals surface area (Å²) in [6.45, 7) is 0.705. The predicted molar refractivity (Wildman–Crippen MR) is 90.4 cm³/mol. The fourth-order valence-corrected chi connectivity index (χ4v) is 5.20. The van der Waals surface area contributed by atoms with Crippen molar-refractivity contribution in [3.8, 4) is 11.5 Å². The van der Waals surface area contributed by atoms with Gasteiger partial charge in [0.1, 0.15) is 0 Å². The number of halogens is 1. The smallest absolute Gasteiger partial charge is 0.251 e. The normalized spacial score (nSPS) is 24.8. The van der Waals surface area contributed by atoms with Gasteiger partial charge >= 0.3 is 0 Å². The van der Waals surface area contributed by atoms with E-state index in [2.05, 4.69) is 28.1 Å². The van der Waals surface area contributed by atoms with Crippen LogP contribution in [0, 0.1) is 0 Å². The predicted octanol–water partition coefficient (Wildman–Crippen LogP) is 4.65. The topological polar surface area (TPSA) is 44.5 Å². The number of rotatable bonds is 2. The summed E-state index contributed by atoms with van der Waals surface area (Å²) >= 11 is 3.77. The molecule has 1 aromatic carbocycles. The fraction of sp³-hybridized carbons (Fsp3) is 0.667. The number of benzene rings is 1. The first kappa shape index (κ1) is 14.8. The van der Waals surface area contributed by atoms with E-state index < -0.39 is 0 Å². The van der Waals surface area contributed by atoms with Gasteiger partial charge in [-0.15, -0.1) is 0 Å². The molecule has 1 heterocycles. The minimum atomic E-state index is -0.386. The molecule has 3 nitrogen and oxygen atoms in total. The molecule has 120 valence electrons. The zero-order valence-electron chi connectivity index (χ0n) is 13.0. The van der Waals surface area contributed by atoms with E-state index in [0.717, 1.165) is 28.8 Å². The third-order valence-corrected chi connectivity index (χ3v) is 6.42. The number of nitrogens with two attached hydrogens (primary N) is 1. The van der Waals surface area contributed by atoms with Gasteiger partial charge in [-0.1, -0.05) is 35.2 Å². The minimum absolute atomic E-state index is 0.0981. The molecule has 2 fully saturated rings. The van der Waals surface area contributed by atoms with Crippen molar-refractivity contribution in [3.63, 3.8) is 0 Å². The van der Waals surface area contributed by atoms with E-state index in [-0.39, 0.29) is 11.2 Å². The molecule has 2 saturated carbocycles. The van der Waals surface area contributed by atoms with Crippen molar-refractivity contribution in [3.05, 3.63) is 22.2 Å². The van der Waals surface area contributed by atoms with Gasteiger partial charge in [0.05, 0.1) is 0 Å². The van der Waals surface area contributed by atoms with Crippen LogP contribution in [0.4, 0.5) is 0 Å². The van der Waals surface area contributed by atoms with Crippen molar-refractivity contribution in [2.75, 3.05) is 6.54 Å². The first-order chi connectivity index (χ1) is 10.7. The molecule has 1 aromatic rings. The van der Waals surface area contributed by atoms with Gasteiger partial charge in [-0.25, -0.2) is 0 Å². The first-order valence-electron chi connectivity index (χ1n) is 8.59. The summed E-state index contributed by atoms with van der Waals surface area (Å²) in [7, 11) is 0. The van der Waals surface area contributed by atoms with Crippen LogP contribution in [0.3, 0.4) is 0 Å². The van der Waals surface area contributed by atoms with Gasteiger partial charge in [-0.05, 0) is 43.4 Å². The lowest BCUT2D eigenvalue weighted by atomic mass is 9.69. The van der Waals surface area contributed by atoms with Crippen LogP contribution in [0.5, 0.6) is 11.5 Å². The van der Waals surface area contributed by atoms with Crippen LogP contribution in [0.2, 0.25) is 0 Å². The number of fused-ring (bicyclic) bond motifs is 1. The van der Waals surface area contributed by atoms with Crippen LogP contribution in [-0.4, -0.2) is 12.3 Å². The van der Waals surface area contributed by atoms with Crippen LogP contribution in [0.15, 0.2) is 16.6 Å². The van der Waals surface area contributed by atoms with E-state index in [0.29, 0.717) is 6.54 Å². The second-order valence-corrected chi connectivity index (χ2v) is 8.00. The lowest BCUT2D eigenvalue weighted by Gasteiger charge is -2.37. The third-order valence-electron chi connectivity index (χ3n) is 5.76. The van der Waals surface area contributed by atoms with Crippen LogP contribution in [0.1, 0.15) is 63.4 Å². The molecule has 1 spiro atoms. The molecule has 0 bridgehead atoms. The molecule has 22 heavy (non-hydrogen) atoms. The molecule has 4 heteroatoms. The Hall–Kier alpha value is -0.740. The summed E-state index contributed by atoms with van der Waals surface area (Å²) in [6, 6.07) is 4.30. The Morgan fingerprint density at radius 1 is 0.909 bits per heavy atom. The third kappa shape index (κ3) is 2.26. The highest BCUT2D eigenvalue weighted by atomic mass is 79.9. The maximum atomic E-state index is 6.25. The molecule has 0 unspecified atom stereocenters. The van der Waals surface area contributed by atoms with E-state index in [9.17, 15) is 0 Å². The van der Waals surface area contributed by atoms with Crippen LogP contribution < -0.4 is 15.2 Å². The summed E-state index contributed by atoms with van der Waals surface area (Å²) in [5, 5.41) is 0. The van der Waals surface area contributed by atoms with Crippen molar-refractivity contribution in [1.82, 2.24) is 0 Å². The van der Waals surface area contributed by atoms with Crippen LogP contribution >= 0.6 is 15.9 Å². The van der Waals surface area contributed by atoms with Crippen molar-refractivity contribution in [1.29, 1.82) is 0 Å². The van der Waals surface area contributed by atoms with E-state index >= 15 is 0 Å². The van der Waals surface area contributed by atoms with Gasteiger partial charge < -0.3 is 15.2 Å². The molecular weight excluding hydrogens is 342 g/mol. The summed E-state index contributed by atoms with van der Waals surface area (Å²) in [5.74, 6) is 1.42. The molecule has 1 aliphatic heterocycles. The molecule has 4 rings (SSSR count). The standard InChI is InChI=1S/C18H24BrNO2/c19-14-11-16-15(21-18(22-16)8-4-5-9-18)10-13(14)17(12-20)6-2-1-3-7-17/h10-11H,1-9,12,20H2. The summed E-state index contributed by atoms with van der Waals surface area (Å²) in [5.41, 5.74) is 7.62. The number of hydrogen-bond donors (Lipinski definition) is 1. The van der Waals surface area contributed by atoms with E-state index in [1.165, 1.54) is 50.5 Å². The second kappa shape index (κ2) is 5.41. The van der Waals surface area contributed by atoms with E-state index in [1.54, 1.807) is 0 Å². The van der Waals surface area contributed by atoms with E-state index in [4.69, 9.17) is 15.2 Å². The highest BCUT2D eigenvalue weighted by Gasteiger charge is 2.45. The molecule has 0 amide bonds. The molecule has 2 N–H and O–H groups in total. The zero-order chi connectivity index (χ0) is 15.2. The Labute approximate surface area is 140 Å². The van der Waals surface area contributed by atoms with E-state index in [1.807, 2.05) is 0 Å². The highest BCUT2D eigenvalue weighted by Crippen LogP contribution is 2.51. The van der Waals surface area contributed by atoms with Crippen molar-refractivity contribution >= 4 is 15.9 Å². The van der Waals surface area contributed by atoms with Gasteiger partial charge in [-0.3, -0.25) is 0 Å². The molecule has 0 aromatic heterocycles. The Morgan fingerprint density at radius 3 is 2.14 bits per heavy atom. The van der Waals surface area contributed by atoms with Gasteiger partial charge in [0, 0.05) is 29.3 Å². The fourth-order valence-electron chi connectivity index (χ4n) is 4.45. The molecule has 2 aliphatic carbocycles. The Bertz CT molecular complexity index is 575. The quantitative estimate of drug-likeness (QED) is 0.829. The lowest BCUT2D eigenvalue weighted by molar-refractivity contribution is -0.0716. The monoisotopic (exact) mass is 365 g/mol. The maximum Gasteiger partial charge on any atom is 0.251 e. The van der Waals surface area contributed by atoms with Crippen molar-refractivity contribution < 1.29 is 9.47 Å². The average Bonchev–Trinajstić information content (AvgIpc) is 3.13. The number of ether oxygens (including phenoxy) is 2. The zero-order valence-corrected chi connectivity index (χ0v) is 14.6. The molecule has 0 atom stereocenters. The maximum absolute atomic E-state index is 6.25. The van der Waals surface area contributed by atoms with Crippen LogP contribution in [-0.2, 0) is 5.41 Å². The van der Waals surface area contributed by atoms with Crippen LogP contribution in [0.25, 0.3) is 0 Å². The minimum Gasteiger partial charge on any atom is -0.448 e. The molecule has 3 aliphatic rings.